The fourth-order valence-corrected chi connectivity index (χ4v) is 5.08. The second-order valence-corrected chi connectivity index (χ2v) is 9.96. The van der Waals surface area contributed by atoms with Gasteiger partial charge in [-0.15, -0.1) is 11.8 Å². The van der Waals surface area contributed by atoms with Crippen molar-refractivity contribution in [1.82, 2.24) is 4.90 Å². The molecule has 0 N–H and O–H groups in total. The lowest BCUT2D eigenvalue weighted by Crippen LogP contribution is -2.57. The number of fused-ring (bicyclic) bond motifs is 1. The zero-order valence-corrected chi connectivity index (χ0v) is 19.5. The Bertz CT molecular complexity index is 1170. The van der Waals surface area contributed by atoms with Gasteiger partial charge in [-0.1, -0.05) is 25.1 Å². The summed E-state index contributed by atoms with van der Waals surface area (Å²) in [6.07, 6.45) is 0.774. The van der Waals surface area contributed by atoms with Crippen molar-refractivity contribution in [2.75, 3.05) is 5.75 Å². The average molecular weight is 464 g/mol. The summed E-state index contributed by atoms with van der Waals surface area (Å²) in [7, 11) is 0. The molecule has 1 heterocycles. The largest absolute Gasteiger partial charge is 0.299 e. The molecule has 4 rings (SSSR count). The number of hydrogen-bond acceptors (Lipinski definition) is 6. The fourth-order valence-electron chi connectivity index (χ4n) is 4.41. The highest BCUT2D eigenvalue weighted by atomic mass is 32.2. The predicted octanol–water partition coefficient (Wildman–Crippen LogP) is 4.29. The molecule has 2 aromatic rings. The number of amides is 2. The summed E-state index contributed by atoms with van der Waals surface area (Å²) in [5, 5.41) is 0. The molecule has 170 valence electrons. The number of thioether (sulfide) groups is 1. The first-order chi connectivity index (χ1) is 15.7. The zero-order chi connectivity index (χ0) is 23.8. The normalized spacial score (nSPS) is 20.4. The molecule has 0 radical (unpaired) electrons. The number of Topliss-reactive ketones (excluding diaryl/α,β-unsaturated/α-hetero) is 3. The topological polar surface area (TPSA) is 88.6 Å². The Labute approximate surface area is 196 Å². The predicted molar refractivity (Wildman–Crippen MR) is 125 cm³/mol. The van der Waals surface area contributed by atoms with Gasteiger partial charge in [0.1, 0.15) is 11.3 Å². The SMILES string of the molecule is CCSc1ccc(C(=O)CCc2ccc3c(c2)C(=O)N([C@@]2(C)CCC(=O)CC2=O)C3=O)cc1. The quantitative estimate of drug-likeness (QED) is 0.263. The van der Waals surface area contributed by atoms with Crippen LogP contribution in [0.4, 0.5) is 0 Å². The minimum atomic E-state index is -1.31. The lowest BCUT2D eigenvalue weighted by Gasteiger charge is -2.38. The number of carbonyl (C=O) groups is 5. The van der Waals surface area contributed by atoms with Crippen LogP contribution in [0, 0.1) is 0 Å². The summed E-state index contributed by atoms with van der Waals surface area (Å²) in [5.41, 5.74) is 0.618. The number of nitrogens with zero attached hydrogens (tertiary/aromatic N) is 1. The molecular formula is C26H25NO5S. The Kier molecular flexibility index (Phi) is 6.34. The van der Waals surface area contributed by atoms with Crippen LogP contribution in [-0.4, -0.2) is 45.4 Å². The molecule has 1 aliphatic carbocycles. The third-order valence-electron chi connectivity index (χ3n) is 6.42. The van der Waals surface area contributed by atoms with Crippen LogP contribution in [0.3, 0.4) is 0 Å². The van der Waals surface area contributed by atoms with E-state index in [4.69, 9.17) is 0 Å². The van der Waals surface area contributed by atoms with Gasteiger partial charge in [0.2, 0.25) is 0 Å². The van der Waals surface area contributed by atoms with E-state index in [9.17, 15) is 24.0 Å². The van der Waals surface area contributed by atoms with Crippen LogP contribution in [0.1, 0.15) is 76.2 Å². The molecule has 1 fully saturated rings. The molecule has 2 aliphatic rings. The van der Waals surface area contributed by atoms with Crippen molar-refractivity contribution in [3.05, 3.63) is 64.7 Å². The third-order valence-corrected chi connectivity index (χ3v) is 7.32. The van der Waals surface area contributed by atoms with E-state index in [0.717, 1.165) is 21.1 Å². The number of ketones is 3. The van der Waals surface area contributed by atoms with E-state index in [-0.39, 0.29) is 48.4 Å². The van der Waals surface area contributed by atoms with Crippen LogP contribution in [0.15, 0.2) is 47.4 Å². The molecule has 6 nitrogen and oxygen atoms in total. The van der Waals surface area contributed by atoms with Crippen LogP contribution < -0.4 is 0 Å². The maximum absolute atomic E-state index is 13.1. The average Bonchev–Trinajstić information content (AvgIpc) is 3.05. The summed E-state index contributed by atoms with van der Waals surface area (Å²) >= 11 is 1.72. The van der Waals surface area contributed by atoms with E-state index in [1.165, 1.54) is 0 Å². The molecule has 0 spiro atoms. The maximum Gasteiger partial charge on any atom is 0.262 e. The minimum absolute atomic E-state index is 0.0116. The van der Waals surface area contributed by atoms with Crippen LogP contribution in [0.5, 0.6) is 0 Å². The highest BCUT2D eigenvalue weighted by Crippen LogP contribution is 2.36. The first kappa shape index (κ1) is 23.1. The van der Waals surface area contributed by atoms with Crippen molar-refractivity contribution in [2.24, 2.45) is 0 Å². The van der Waals surface area contributed by atoms with Gasteiger partial charge in [-0.2, -0.15) is 0 Å². The first-order valence-electron chi connectivity index (χ1n) is 11.1. The van der Waals surface area contributed by atoms with Crippen molar-refractivity contribution in [1.29, 1.82) is 0 Å². The first-order valence-corrected chi connectivity index (χ1v) is 12.1. The molecule has 0 saturated heterocycles. The van der Waals surface area contributed by atoms with Crippen LogP contribution in [0.25, 0.3) is 0 Å². The molecule has 2 aromatic carbocycles. The molecule has 2 amide bonds. The number of rotatable bonds is 7. The second-order valence-electron chi connectivity index (χ2n) is 8.62. The summed E-state index contributed by atoms with van der Waals surface area (Å²) in [4.78, 5) is 65.1. The zero-order valence-electron chi connectivity index (χ0n) is 18.7. The van der Waals surface area contributed by atoms with E-state index < -0.39 is 23.1 Å². The van der Waals surface area contributed by atoms with Crippen LogP contribution in [-0.2, 0) is 16.0 Å². The molecule has 0 unspecified atom stereocenters. The maximum atomic E-state index is 13.1. The van der Waals surface area contributed by atoms with Gasteiger partial charge in [0, 0.05) is 23.3 Å². The highest BCUT2D eigenvalue weighted by molar-refractivity contribution is 7.99. The Morgan fingerprint density at radius 1 is 1.00 bits per heavy atom. The summed E-state index contributed by atoms with van der Waals surface area (Å²) < 4.78 is 0. The van der Waals surface area contributed by atoms with Gasteiger partial charge >= 0.3 is 0 Å². The lowest BCUT2D eigenvalue weighted by atomic mass is 9.80. The Hall–Kier alpha value is -3.06. The van der Waals surface area contributed by atoms with Gasteiger partial charge in [-0.05, 0) is 55.3 Å². The van der Waals surface area contributed by atoms with Crippen LogP contribution in [0.2, 0.25) is 0 Å². The minimum Gasteiger partial charge on any atom is -0.299 e. The van der Waals surface area contributed by atoms with E-state index in [1.807, 2.05) is 24.3 Å². The number of benzene rings is 2. The Morgan fingerprint density at radius 2 is 1.70 bits per heavy atom. The van der Waals surface area contributed by atoms with Gasteiger partial charge in [0.25, 0.3) is 11.8 Å². The third kappa shape index (κ3) is 4.29. The van der Waals surface area contributed by atoms with E-state index >= 15 is 0 Å². The number of aryl methyl sites for hydroxylation is 1. The molecule has 1 saturated carbocycles. The van der Waals surface area contributed by atoms with Gasteiger partial charge < -0.3 is 0 Å². The second kappa shape index (κ2) is 9.06. The Balaban J connectivity index is 1.48. The molecular weight excluding hydrogens is 438 g/mol. The highest BCUT2D eigenvalue weighted by Gasteiger charge is 2.52. The fraction of sp³-hybridized carbons (Fsp3) is 0.346. The molecule has 0 aromatic heterocycles. The van der Waals surface area contributed by atoms with Crippen LogP contribution >= 0.6 is 11.8 Å². The van der Waals surface area contributed by atoms with Crippen molar-refractivity contribution < 1.29 is 24.0 Å². The molecule has 0 bridgehead atoms. The number of imide groups is 1. The molecule has 1 aliphatic heterocycles. The monoisotopic (exact) mass is 463 g/mol. The number of hydrogen-bond donors (Lipinski definition) is 0. The van der Waals surface area contributed by atoms with Gasteiger partial charge in [0.05, 0.1) is 17.5 Å². The molecule has 1 atom stereocenters. The standard InChI is InChI=1S/C26H25NO5S/c1-3-33-19-8-6-17(7-9-19)22(29)11-5-16-4-10-20-21(14-16)25(32)27(24(20)31)26(2)13-12-18(28)15-23(26)30/h4,6-10,14H,3,5,11-13,15H2,1-2H3/t26-/m0/s1. The number of carbonyl (C=O) groups excluding carboxylic acids is 5. The van der Waals surface area contributed by atoms with Crippen molar-refractivity contribution in [3.63, 3.8) is 0 Å². The Morgan fingerprint density at radius 3 is 2.36 bits per heavy atom. The molecule has 33 heavy (non-hydrogen) atoms. The van der Waals surface area contributed by atoms with E-state index in [2.05, 4.69) is 6.92 Å². The van der Waals surface area contributed by atoms with Gasteiger partial charge in [-0.3, -0.25) is 28.9 Å². The smallest absolute Gasteiger partial charge is 0.262 e. The van der Waals surface area contributed by atoms with E-state index in [1.54, 1.807) is 36.9 Å². The van der Waals surface area contributed by atoms with Crippen molar-refractivity contribution in [2.45, 2.75) is 56.4 Å². The lowest BCUT2D eigenvalue weighted by molar-refractivity contribution is -0.137. The van der Waals surface area contributed by atoms with E-state index in [0.29, 0.717) is 12.0 Å². The van der Waals surface area contributed by atoms with Gasteiger partial charge in [-0.25, -0.2) is 0 Å². The summed E-state index contributed by atoms with van der Waals surface area (Å²) in [6.45, 7) is 3.64. The summed E-state index contributed by atoms with van der Waals surface area (Å²) in [5.74, 6) is -0.611. The van der Waals surface area contributed by atoms with Crippen molar-refractivity contribution in [3.8, 4) is 0 Å². The molecule has 7 heteroatoms. The summed E-state index contributed by atoms with van der Waals surface area (Å²) in [6, 6.07) is 12.5. The van der Waals surface area contributed by atoms with Crippen molar-refractivity contribution >= 4 is 40.9 Å². The van der Waals surface area contributed by atoms with Gasteiger partial charge in [0.15, 0.2) is 11.6 Å².